The second-order valence-corrected chi connectivity index (χ2v) is 3.59. The van der Waals surface area contributed by atoms with Gasteiger partial charge >= 0.3 is 0 Å². The topological polar surface area (TPSA) is 58.4 Å². The van der Waals surface area contributed by atoms with Crippen molar-refractivity contribution >= 4 is 5.91 Å². The number of rotatable bonds is 6. The molecule has 1 amide bonds. The quantitative estimate of drug-likeness (QED) is 0.566. The van der Waals surface area contributed by atoms with Gasteiger partial charge in [0.15, 0.2) is 0 Å². The highest BCUT2D eigenvalue weighted by molar-refractivity contribution is 5.80. The third kappa shape index (κ3) is 7.74. The van der Waals surface area contributed by atoms with Crippen LogP contribution < -0.4 is 11.1 Å². The van der Waals surface area contributed by atoms with E-state index in [1.807, 2.05) is 14.1 Å². The minimum atomic E-state index is -0.395. The number of amides is 1. The van der Waals surface area contributed by atoms with Gasteiger partial charge in [0.05, 0.1) is 6.04 Å². The number of hydrogen-bond donors (Lipinski definition) is 2. The minimum Gasteiger partial charge on any atom is -0.355 e. The van der Waals surface area contributed by atoms with Crippen molar-refractivity contribution in [1.29, 1.82) is 0 Å². The van der Waals surface area contributed by atoms with E-state index >= 15 is 0 Å². The summed E-state index contributed by atoms with van der Waals surface area (Å²) in [6.45, 7) is 3.48. The first-order valence-electron chi connectivity index (χ1n) is 4.72. The average molecular weight is 187 g/mol. The lowest BCUT2D eigenvalue weighted by Gasteiger charge is -2.10. The van der Waals surface area contributed by atoms with E-state index in [0.717, 1.165) is 25.9 Å². The summed E-state index contributed by atoms with van der Waals surface area (Å²) in [5.74, 6) is -0.0650. The third-order valence-corrected chi connectivity index (χ3v) is 1.74. The van der Waals surface area contributed by atoms with E-state index in [2.05, 4.69) is 10.2 Å². The molecule has 0 rings (SSSR count). The SMILES string of the molecule is C[C@H](N)C(=O)NCCCCN(C)C. The van der Waals surface area contributed by atoms with Crippen molar-refractivity contribution in [3.05, 3.63) is 0 Å². The lowest BCUT2D eigenvalue weighted by Crippen LogP contribution is -2.38. The van der Waals surface area contributed by atoms with E-state index < -0.39 is 6.04 Å². The van der Waals surface area contributed by atoms with Crippen LogP contribution in [0.2, 0.25) is 0 Å². The standard InChI is InChI=1S/C9H21N3O/c1-8(10)9(13)11-6-4-5-7-12(2)3/h8H,4-7,10H2,1-3H3,(H,11,13)/t8-/m0/s1. The average Bonchev–Trinajstić information content (AvgIpc) is 2.02. The fraction of sp³-hybridized carbons (Fsp3) is 0.889. The molecule has 0 aliphatic rings. The fourth-order valence-electron chi connectivity index (χ4n) is 0.926. The van der Waals surface area contributed by atoms with Gasteiger partial charge in [-0.2, -0.15) is 0 Å². The first-order valence-corrected chi connectivity index (χ1v) is 4.72. The van der Waals surface area contributed by atoms with E-state index in [9.17, 15) is 4.79 Å². The predicted octanol–water partition coefficient (Wildman–Crippen LogP) is -0.208. The maximum Gasteiger partial charge on any atom is 0.236 e. The maximum atomic E-state index is 11.0. The Labute approximate surface area is 80.5 Å². The Kier molecular flexibility index (Phi) is 6.54. The number of unbranched alkanes of at least 4 members (excludes halogenated alkanes) is 1. The molecule has 0 aliphatic carbocycles. The summed E-state index contributed by atoms with van der Waals surface area (Å²) in [7, 11) is 4.08. The molecule has 0 spiro atoms. The highest BCUT2D eigenvalue weighted by Crippen LogP contribution is 1.88. The van der Waals surface area contributed by atoms with Gasteiger partial charge in [0.2, 0.25) is 5.91 Å². The zero-order valence-corrected chi connectivity index (χ0v) is 8.84. The van der Waals surface area contributed by atoms with Crippen LogP contribution in [-0.4, -0.2) is 44.0 Å². The second kappa shape index (κ2) is 6.86. The zero-order chi connectivity index (χ0) is 10.3. The van der Waals surface area contributed by atoms with E-state index in [1.165, 1.54) is 0 Å². The smallest absolute Gasteiger partial charge is 0.236 e. The van der Waals surface area contributed by atoms with Gasteiger partial charge < -0.3 is 16.0 Å². The Balaban J connectivity index is 3.21. The molecule has 1 atom stereocenters. The van der Waals surface area contributed by atoms with Crippen LogP contribution in [0.3, 0.4) is 0 Å². The van der Waals surface area contributed by atoms with Gasteiger partial charge in [-0.15, -0.1) is 0 Å². The highest BCUT2D eigenvalue weighted by atomic mass is 16.2. The highest BCUT2D eigenvalue weighted by Gasteiger charge is 2.04. The summed E-state index contributed by atoms with van der Waals surface area (Å²) < 4.78 is 0. The van der Waals surface area contributed by atoms with Crippen LogP contribution in [0, 0.1) is 0 Å². The summed E-state index contributed by atoms with van der Waals surface area (Å²) in [6, 6.07) is -0.395. The fourth-order valence-corrected chi connectivity index (χ4v) is 0.926. The first-order chi connectivity index (χ1) is 6.04. The lowest BCUT2D eigenvalue weighted by molar-refractivity contribution is -0.121. The molecule has 13 heavy (non-hydrogen) atoms. The molecule has 0 saturated carbocycles. The van der Waals surface area contributed by atoms with Crippen LogP contribution in [0.15, 0.2) is 0 Å². The largest absolute Gasteiger partial charge is 0.355 e. The lowest BCUT2D eigenvalue weighted by atomic mass is 10.3. The van der Waals surface area contributed by atoms with Crippen LogP contribution in [0.4, 0.5) is 0 Å². The van der Waals surface area contributed by atoms with Gasteiger partial charge in [-0.3, -0.25) is 4.79 Å². The molecule has 0 saturated heterocycles. The summed E-state index contributed by atoms with van der Waals surface area (Å²) in [5.41, 5.74) is 5.38. The van der Waals surface area contributed by atoms with E-state index in [-0.39, 0.29) is 5.91 Å². The third-order valence-electron chi connectivity index (χ3n) is 1.74. The molecule has 0 bridgehead atoms. The second-order valence-electron chi connectivity index (χ2n) is 3.59. The van der Waals surface area contributed by atoms with E-state index in [4.69, 9.17) is 5.73 Å². The normalized spacial score (nSPS) is 13.0. The molecule has 0 heterocycles. The minimum absolute atomic E-state index is 0.0650. The number of nitrogens with one attached hydrogen (secondary N) is 1. The van der Waals surface area contributed by atoms with Crippen LogP contribution >= 0.6 is 0 Å². The monoisotopic (exact) mass is 187 g/mol. The Bertz CT molecular complexity index is 146. The maximum absolute atomic E-state index is 11.0. The zero-order valence-electron chi connectivity index (χ0n) is 8.84. The van der Waals surface area contributed by atoms with Crippen molar-refractivity contribution < 1.29 is 4.79 Å². The molecule has 0 aromatic rings. The van der Waals surface area contributed by atoms with Gasteiger partial charge in [-0.25, -0.2) is 0 Å². The molecule has 0 radical (unpaired) electrons. The van der Waals surface area contributed by atoms with Gasteiger partial charge in [0.1, 0.15) is 0 Å². The molecule has 78 valence electrons. The molecular weight excluding hydrogens is 166 g/mol. The van der Waals surface area contributed by atoms with Crippen LogP contribution in [-0.2, 0) is 4.79 Å². The first kappa shape index (κ1) is 12.4. The van der Waals surface area contributed by atoms with Crippen LogP contribution in [0.25, 0.3) is 0 Å². The molecule has 0 aromatic heterocycles. The van der Waals surface area contributed by atoms with Crippen molar-refractivity contribution in [2.24, 2.45) is 5.73 Å². The molecule has 0 fully saturated rings. The Morgan fingerprint density at radius 1 is 1.46 bits per heavy atom. The molecular formula is C9H21N3O. The van der Waals surface area contributed by atoms with Crippen LogP contribution in [0.5, 0.6) is 0 Å². The molecule has 4 nitrogen and oxygen atoms in total. The number of nitrogens with two attached hydrogens (primary N) is 1. The molecule has 3 N–H and O–H groups in total. The molecule has 0 unspecified atom stereocenters. The number of carbonyl (C=O) groups is 1. The van der Waals surface area contributed by atoms with Crippen molar-refractivity contribution in [2.45, 2.75) is 25.8 Å². The number of hydrogen-bond acceptors (Lipinski definition) is 3. The summed E-state index contributed by atoms with van der Waals surface area (Å²) in [6.07, 6.45) is 2.11. The van der Waals surface area contributed by atoms with Crippen molar-refractivity contribution in [1.82, 2.24) is 10.2 Å². The van der Waals surface area contributed by atoms with Crippen molar-refractivity contribution in [2.75, 3.05) is 27.2 Å². The summed E-state index contributed by atoms with van der Waals surface area (Å²) in [4.78, 5) is 13.1. The van der Waals surface area contributed by atoms with Gasteiger partial charge in [-0.05, 0) is 40.4 Å². The predicted molar refractivity (Wildman–Crippen MR) is 54.4 cm³/mol. The van der Waals surface area contributed by atoms with E-state index in [1.54, 1.807) is 6.92 Å². The number of nitrogens with zero attached hydrogens (tertiary/aromatic N) is 1. The Morgan fingerprint density at radius 3 is 2.54 bits per heavy atom. The van der Waals surface area contributed by atoms with Gasteiger partial charge in [0, 0.05) is 6.54 Å². The Hall–Kier alpha value is -0.610. The summed E-state index contributed by atoms with van der Waals surface area (Å²) in [5, 5.41) is 2.77. The van der Waals surface area contributed by atoms with E-state index in [0.29, 0.717) is 0 Å². The molecule has 0 aromatic carbocycles. The van der Waals surface area contributed by atoms with Gasteiger partial charge in [-0.1, -0.05) is 0 Å². The van der Waals surface area contributed by atoms with Crippen molar-refractivity contribution in [3.8, 4) is 0 Å². The summed E-state index contributed by atoms with van der Waals surface area (Å²) >= 11 is 0. The molecule has 4 heteroatoms. The van der Waals surface area contributed by atoms with Crippen LogP contribution in [0.1, 0.15) is 19.8 Å². The number of carbonyl (C=O) groups excluding carboxylic acids is 1. The van der Waals surface area contributed by atoms with Gasteiger partial charge in [0.25, 0.3) is 0 Å². The molecule has 0 aliphatic heterocycles. The van der Waals surface area contributed by atoms with Crippen molar-refractivity contribution in [3.63, 3.8) is 0 Å². The Morgan fingerprint density at radius 2 is 2.08 bits per heavy atom.